The molecule has 6 nitrogen and oxygen atoms in total. The van der Waals surface area contributed by atoms with Crippen LogP contribution in [0.15, 0.2) is 15.7 Å². The second-order valence-corrected chi connectivity index (χ2v) is 3.88. The Morgan fingerprint density at radius 2 is 2.31 bits per heavy atom. The smallest absolute Gasteiger partial charge is 0.324 e. The van der Waals surface area contributed by atoms with Crippen LogP contribution in [0.4, 0.5) is 5.88 Å². The van der Waals surface area contributed by atoms with Crippen molar-refractivity contribution in [3.05, 3.63) is 6.20 Å². The van der Waals surface area contributed by atoms with Gasteiger partial charge >= 0.3 is 5.88 Å². The Balaban J connectivity index is 2.06. The zero-order chi connectivity index (χ0) is 11.4. The minimum atomic E-state index is -0.427. The lowest BCUT2D eigenvalue weighted by molar-refractivity contribution is -0.759. The van der Waals surface area contributed by atoms with Crippen LogP contribution in [0.1, 0.15) is 19.3 Å². The molecule has 16 heavy (non-hydrogen) atoms. The van der Waals surface area contributed by atoms with Crippen LogP contribution in [0, 0.1) is 0 Å². The van der Waals surface area contributed by atoms with Crippen molar-refractivity contribution in [2.45, 2.75) is 19.3 Å². The summed E-state index contributed by atoms with van der Waals surface area (Å²) in [6.07, 6.45) is 5.13. The molecule has 1 aliphatic rings. The van der Waals surface area contributed by atoms with Crippen molar-refractivity contribution in [3.8, 4) is 0 Å². The number of hydrogen-bond donors (Lipinski definition) is 0. The molecule has 1 aliphatic heterocycles. The standard InChI is InChI=1S/C9H13ClN4O2/c10-6-8(15)11-9-7-14(12-16-9)13-4-2-1-3-5-13/h7H,1-6H2. The lowest BCUT2D eigenvalue weighted by atomic mass is 10.2. The van der Waals surface area contributed by atoms with Crippen molar-refractivity contribution in [1.29, 1.82) is 0 Å². The Morgan fingerprint density at radius 1 is 1.56 bits per heavy atom. The summed E-state index contributed by atoms with van der Waals surface area (Å²) < 4.78 is 4.92. The van der Waals surface area contributed by atoms with Gasteiger partial charge in [0.15, 0.2) is 0 Å². The van der Waals surface area contributed by atoms with Crippen LogP contribution in [-0.4, -0.2) is 30.1 Å². The lowest BCUT2D eigenvalue weighted by Gasteiger charge is -2.17. The predicted octanol–water partition coefficient (Wildman–Crippen LogP) is -0.287. The highest BCUT2D eigenvalue weighted by atomic mass is 35.5. The summed E-state index contributed by atoms with van der Waals surface area (Å²) in [7, 11) is 0. The number of rotatable bonds is 3. The molecule has 0 unspecified atom stereocenters. The van der Waals surface area contributed by atoms with Gasteiger partial charge in [0.05, 0.1) is 23.8 Å². The third kappa shape index (κ3) is 2.63. The molecule has 1 fully saturated rings. The highest BCUT2D eigenvalue weighted by Crippen LogP contribution is 2.08. The molecule has 1 saturated heterocycles. The van der Waals surface area contributed by atoms with Crippen LogP contribution in [0.3, 0.4) is 0 Å². The monoisotopic (exact) mass is 244 g/mol. The fourth-order valence-electron chi connectivity index (χ4n) is 1.65. The topological polar surface area (TPSA) is 68.6 Å². The SMILES string of the molecule is [O-]/C(CCl)=N/c1c[n+](N2CCCCC2)no1. The van der Waals surface area contributed by atoms with Gasteiger partial charge in [-0.15, -0.1) is 11.6 Å². The van der Waals surface area contributed by atoms with Crippen LogP contribution in [0.2, 0.25) is 0 Å². The van der Waals surface area contributed by atoms with Gasteiger partial charge in [-0.2, -0.15) is 5.01 Å². The summed E-state index contributed by atoms with van der Waals surface area (Å²) in [5.41, 5.74) is 0. The fourth-order valence-corrected chi connectivity index (χ4v) is 1.71. The molecule has 88 valence electrons. The van der Waals surface area contributed by atoms with Crippen molar-refractivity contribution in [2.24, 2.45) is 4.99 Å². The van der Waals surface area contributed by atoms with E-state index in [1.807, 2.05) is 0 Å². The van der Waals surface area contributed by atoms with E-state index < -0.39 is 5.90 Å². The number of aliphatic imine (C=N–C) groups is 1. The van der Waals surface area contributed by atoms with Gasteiger partial charge in [-0.25, -0.2) is 4.99 Å². The van der Waals surface area contributed by atoms with E-state index >= 15 is 0 Å². The minimum absolute atomic E-state index is 0.148. The second-order valence-electron chi connectivity index (χ2n) is 3.61. The third-order valence-electron chi connectivity index (χ3n) is 2.42. The summed E-state index contributed by atoms with van der Waals surface area (Å²) in [4.78, 5) is 5.24. The normalized spacial score (nSPS) is 17.8. The molecule has 2 rings (SSSR count). The Kier molecular flexibility index (Phi) is 3.61. The van der Waals surface area contributed by atoms with Crippen molar-refractivity contribution in [2.75, 3.05) is 24.0 Å². The van der Waals surface area contributed by atoms with Gasteiger partial charge in [-0.3, -0.25) is 4.52 Å². The highest BCUT2D eigenvalue weighted by molar-refractivity contribution is 6.26. The lowest BCUT2D eigenvalue weighted by Crippen LogP contribution is -2.60. The number of hydrogen-bond acceptors (Lipinski definition) is 5. The number of piperidine rings is 1. The largest absolute Gasteiger partial charge is 0.861 e. The van der Waals surface area contributed by atoms with Gasteiger partial charge < -0.3 is 5.11 Å². The molecule has 0 atom stereocenters. The quantitative estimate of drug-likeness (QED) is 0.317. The summed E-state index contributed by atoms with van der Waals surface area (Å²) >= 11 is 5.33. The summed E-state index contributed by atoms with van der Waals surface area (Å²) in [5, 5.41) is 16.8. The first-order valence-electron chi connectivity index (χ1n) is 5.24. The minimum Gasteiger partial charge on any atom is -0.861 e. The van der Waals surface area contributed by atoms with Gasteiger partial charge in [0.2, 0.25) is 5.27 Å². The Bertz CT molecular complexity index is 373. The first-order valence-corrected chi connectivity index (χ1v) is 5.77. The number of aromatic nitrogens is 2. The van der Waals surface area contributed by atoms with Gasteiger partial charge in [0.25, 0.3) is 6.20 Å². The highest BCUT2D eigenvalue weighted by Gasteiger charge is 2.21. The molecule has 7 heteroatoms. The van der Waals surface area contributed by atoms with Gasteiger partial charge in [0, 0.05) is 0 Å². The Hall–Kier alpha value is -1.30. The summed E-state index contributed by atoms with van der Waals surface area (Å²) in [6.45, 7) is 1.89. The third-order valence-corrected chi connectivity index (χ3v) is 2.64. The second kappa shape index (κ2) is 5.16. The van der Waals surface area contributed by atoms with Gasteiger partial charge in [-0.1, -0.05) is 0 Å². The number of alkyl halides is 1. The molecule has 0 amide bonds. The Labute approximate surface area is 98.1 Å². The molecule has 0 radical (unpaired) electrons. The number of halogens is 1. The van der Waals surface area contributed by atoms with Crippen LogP contribution >= 0.6 is 11.6 Å². The first kappa shape index (κ1) is 11.2. The average Bonchev–Trinajstić information content (AvgIpc) is 2.78. The van der Waals surface area contributed by atoms with E-state index in [2.05, 4.69) is 15.3 Å². The van der Waals surface area contributed by atoms with Crippen LogP contribution in [-0.2, 0) is 0 Å². The molecule has 0 aliphatic carbocycles. The van der Waals surface area contributed by atoms with Crippen molar-refractivity contribution >= 4 is 23.4 Å². The van der Waals surface area contributed by atoms with E-state index in [1.54, 1.807) is 11.0 Å². The molecular weight excluding hydrogens is 232 g/mol. The van der Waals surface area contributed by atoms with Crippen molar-refractivity contribution < 1.29 is 14.4 Å². The van der Waals surface area contributed by atoms with Crippen molar-refractivity contribution in [1.82, 2.24) is 5.27 Å². The zero-order valence-electron chi connectivity index (χ0n) is 8.80. The summed E-state index contributed by atoms with van der Waals surface area (Å²) in [6, 6.07) is 0. The molecule has 2 heterocycles. The summed E-state index contributed by atoms with van der Waals surface area (Å²) in [5.74, 6) is -0.385. The Morgan fingerprint density at radius 3 is 3.00 bits per heavy atom. The van der Waals surface area contributed by atoms with E-state index in [0.717, 1.165) is 25.9 Å². The van der Waals surface area contributed by atoms with Crippen LogP contribution in [0.25, 0.3) is 0 Å². The van der Waals surface area contributed by atoms with E-state index in [-0.39, 0.29) is 11.8 Å². The molecule has 0 bridgehead atoms. The first-order chi connectivity index (χ1) is 7.79. The number of nitrogens with zero attached hydrogens (tertiary/aromatic N) is 4. The fraction of sp³-hybridized carbons (Fsp3) is 0.667. The maximum Gasteiger partial charge on any atom is 0.324 e. The zero-order valence-corrected chi connectivity index (χ0v) is 9.56. The average molecular weight is 245 g/mol. The van der Waals surface area contributed by atoms with E-state index in [4.69, 9.17) is 16.1 Å². The van der Waals surface area contributed by atoms with Crippen LogP contribution < -0.4 is 14.9 Å². The molecule has 1 aromatic heterocycles. The molecule has 0 spiro atoms. The molecule has 0 N–H and O–H groups in total. The van der Waals surface area contributed by atoms with Gasteiger partial charge in [-0.05, 0) is 25.2 Å². The molecule has 1 aromatic rings. The predicted molar refractivity (Wildman–Crippen MR) is 56.3 cm³/mol. The van der Waals surface area contributed by atoms with Crippen LogP contribution in [0.5, 0.6) is 0 Å². The van der Waals surface area contributed by atoms with Crippen molar-refractivity contribution in [3.63, 3.8) is 0 Å². The van der Waals surface area contributed by atoms with E-state index in [1.165, 1.54) is 6.42 Å². The molecule has 0 saturated carbocycles. The maximum absolute atomic E-state index is 11.0. The molecular formula is C9H13ClN4O2. The van der Waals surface area contributed by atoms with E-state index in [0.29, 0.717) is 0 Å². The maximum atomic E-state index is 11.0. The molecule has 0 aromatic carbocycles. The van der Waals surface area contributed by atoms with Gasteiger partial charge in [0.1, 0.15) is 0 Å². The van der Waals surface area contributed by atoms with E-state index in [9.17, 15) is 5.11 Å².